The summed E-state index contributed by atoms with van der Waals surface area (Å²) >= 11 is 0. The standard InChI is InChI=1S/C16H26N2O/c1-12-7-13(2)16(14(3)8-12)10-18-5-6-19-11-15(18)9-17-4/h7-8,15,17H,5-6,9-11H2,1-4H3. The molecule has 1 aromatic carbocycles. The molecule has 3 heteroatoms. The number of morpholine rings is 1. The summed E-state index contributed by atoms with van der Waals surface area (Å²) in [5.41, 5.74) is 5.65. The molecular formula is C16H26N2O. The Kier molecular flexibility index (Phi) is 4.97. The van der Waals surface area contributed by atoms with Crippen molar-refractivity contribution in [1.29, 1.82) is 0 Å². The molecule has 0 radical (unpaired) electrons. The topological polar surface area (TPSA) is 24.5 Å². The van der Waals surface area contributed by atoms with Gasteiger partial charge in [0.25, 0.3) is 0 Å². The van der Waals surface area contributed by atoms with Gasteiger partial charge in [0.2, 0.25) is 0 Å². The van der Waals surface area contributed by atoms with Crippen LogP contribution in [0.1, 0.15) is 22.3 Å². The largest absolute Gasteiger partial charge is 0.378 e. The van der Waals surface area contributed by atoms with Crippen molar-refractivity contribution in [2.45, 2.75) is 33.4 Å². The molecule has 1 aliphatic heterocycles. The maximum absolute atomic E-state index is 5.60. The average molecular weight is 262 g/mol. The highest BCUT2D eigenvalue weighted by Gasteiger charge is 2.23. The van der Waals surface area contributed by atoms with Crippen molar-refractivity contribution in [3.63, 3.8) is 0 Å². The van der Waals surface area contributed by atoms with Crippen LogP contribution in [0.15, 0.2) is 12.1 Å². The van der Waals surface area contributed by atoms with Gasteiger partial charge in [-0.25, -0.2) is 0 Å². The van der Waals surface area contributed by atoms with Gasteiger partial charge in [-0.3, -0.25) is 4.90 Å². The Hall–Kier alpha value is -0.900. The third-order valence-corrected chi connectivity index (χ3v) is 3.99. The molecule has 0 spiro atoms. The molecule has 0 aromatic heterocycles. The van der Waals surface area contributed by atoms with Gasteiger partial charge in [-0.15, -0.1) is 0 Å². The van der Waals surface area contributed by atoms with Crippen molar-refractivity contribution in [2.24, 2.45) is 0 Å². The Bertz CT molecular complexity index is 406. The number of rotatable bonds is 4. The average Bonchev–Trinajstić information content (AvgIpc) is 2.36. The first-order valence-corrected chi connectivity index (χ1v) is 7.15. The Morgan fingerprint density at radius 2 is 1.95 bits per heavy atom. The minimum absolute atomic E-state index is 0.485. The number of nitrogens with one attached hydrogen (secondary N) is 1. The molecule has 3 nitrogen and oxygen atoms in total. The fourth-order valence-electron chi connectivity index (χ4n) is 2.98. The van der Waals surface area contributed by atoms with E-state index in [0.717, 1.165) is 32.8 Å². The molecule has 0 bridgehead atoms. The Morgan fingerprint density at radius 1 is 1.26 bits per heavy atom. The Balaban J connectivity index is 2.15. The summed E-state index contributed by atoms with van der Waals surface area (Å²) in [6.07, 6.45) is 0. The van der Waals surface area contributed by atoms with E-state index in [0.29, 0.717) is 6.04 Å². The molecule has 1 atom stereocenters. The van der Waals surface area contributed by atoms with Crippen LogP contribution in [0.5, 0.6) is 0 Å². The zero-order chi connectivity index (χ0) is 13.8. The summed E-state index contributed by atoms with van der Waals surface area (Å²) in [5.74, 6) is 0. The molecule has 1 heterocycles. The van der Waals surface area contributed by atoms with E-state index in [-0.39, 0.29) is 0 Å². The minimum Gasteiger partial charge on any atom is -0.378 e. The lowest BCUT2D eigenvalue weighted by molar-refractivity contribution is -0.0104. The molecule has 0 aliphatic carbocycles. The van der Waals surface area contributed by atoms with Crippen molar-refractivity contribution < 1.29 is 4.74 Å². The third kappa shape index (κ3) is 3.56. The number of aryl methyl sites for hydroxylation is 3. The molecule has 106 valence electrons. The summed E-state index contributed by atoms with van der Waals surface area (Å²) in [6, 6.07) is 5.06. The molecule has 1 aliphatic rings. The van der Waals surface area contributed by atoms with Gasteiger partial charge in [-0.2, -0.15) is 0 Å². The van der Waals surface area contributed by atoms with Crippen molar-refractivity contribution >= 4 is 0 Å². The summed E-state index contributed by atoms with van der Waals surface area (Å²) < 4.78 is 5.60. The molecular weight excluding hydrogens is 236 g/mol. The lowest BCUT2D eigenvalue weighted by Crippen LogP contribution is -2.49. The number of hydrogen-bond donors (Lipinski definition) is 1. The van der Waals surface area contributed by atoms with Crippen LogP contribution in [-0.4, -0.2) is 44.3 Å². The second-order valence-corrected chi connectivity index (χ2v) is 5.63. The zero-order valence-electron chi connectivity index (χ0n) is 12.6. The molecule has 0 saturated carbocycles. The van der Waals surface area contributed by atoms with Crippen LogP contribution in [0.25, 0.3) is 0 Å². The van der Waals surface area contributed by atoms with E-state index in [1.807, 2.05) is 7.05 Å². The van der Waals surface area contributed by atoms with Gasteiger partial charge in [0.1, 0.15) is 0 Å². The fourth-order valence-corrected chi connectivity index (χ4v) is 2.98. The predicted molar refractivity (Wildman–Crippen MR) is 79.6 cm³/mol. The maximum Gasteiger partial charge on any atom is 0.0635 e. The highest BCUT2D eigenvalue weighted by Crippen LogP contribution is 2.20. The molecule has 19 heavy (non-hydrogen) atoms. The quantitative estimate of drug-likeness (QED) is 0.898. The van der Waals surface area contributed by atoms with E-state index >= 15 is 0 Å². The number of likely N-dealkylation sites (N-methyl/N-ethyl adjacent to an activating group) is 1. The lowest BCUT2D eigenvalue weighted by atomic mass is 9.98. The minimum atomic E-state index is 0.485. The van der Waals surface area contributed by atoms with Gasteiger partial charge >= 0.3 is 0 Å². The normalized spacial score (nSPS) is 20.7. The van der Waals surface area contributed by atoms with Crippen LogP contribution in [0, 0.1) is 20.8 Å². The fraction of sp³-hybridized carbons (Fsp3) is 0.625. The smallest absolute Gasteiger partial charge is 0.0635 e. The van der Waals surface area contributed by atoms with Crippen LogP contribution in [0.2, 0.25) is 0 Å². The molecule has 2 rings (SSSR count). The van der Waals surface area contributed by atoms with Crippen molar-refractivity contribution in [2.75, 3.05) is 33.4 Å². The van der Waals surface area contributed by atoms with E-state index in [2.05, 4.69) is 43.1 Å². The van der Waals surface area contributed by atoms with Gasteiger partial charge in [0.15, 0.2) is 0 Å². The number of hydrogen-bond acceptors (Lipinski definition) is 3. The van der Waals surface area contributed by atoms with Gasteiger partial charge in [-0.05, 0) is 44.5 Å². The summed E-state index contributed by atoms with van der Waals surface area (Å²) in [6.45, 7) is 11.4. The molecule has 1 saturated heterocycles. The van der Waals surface area contributed by atoms with E-state index in [9.17, 15) is 0 Å². The lowest BCUT2D eigenvalue weighted by Gasteiger charge is -2.36. The maximum atomic E-state index is 5.60. The Morgan fingerprint density at radius 3 is 2.58 bits per heavy atom. The van der Waals surface area contributed by atoms with Crippen LogP contribution in [-0.2, 0) is 11.3 Å². The molecule has 1 unspecified atom stereocenters. The number of ether oxygens (including phenoxy) is 1. The Labute approximate surface area is 116 Å². The van der Waals surface area contributed by atoms with Gasteiger partial charge < -0.3 is 10.1 Å². The molecule has 1 fully saturated rings. The van der Waals surface area contributed by atoms with E-state index < -0.39 is 0 Å². The van der Waals surface area contributed by atoms with Gasteiger partial charge in [-0.1, -0.05) is 17.7 Å². The van der Waals surface area contributed by atoms with Crippen LogP contribution in [0.4, 0.5) is 0 Å². The van der Waals surface area contributed by atoms with E-state index in [1.54, 1.807) is 0 Å². The first-order chi connectivity index (χ1) is 9.11. The molecule has 0 amide bonds. The van der Waals surface area contributed by atoms with Crippen molar-refractivity contribution in [1.82, 2.24) is 10.2 Å². The third-order valence-electron chi connectivity index (χ3n) is 3.99. The summed E-state index contributed by atoms with van der Waals surface area (Å²) in [7, 11) is 2.01. The number of benzene rings is 1. The number of nitrogens with zero attached hydrogens (tertiary/aromatic N) is 1. The van der Waals surface area contributed by atoms with E-state index in [4.69, 9.17) is 4.74 Å². The summed E-state index contributed by atoms with van der Waals surface area (Å²) in [4.78, 5) is 2.55. The van der Waals surface area contributed by atoms with Crippen molar-refractivity contribution in [3.8, 4) is 0 Å². The van der Waals surface area contributed by atoms with Gasteiger partial charge in [0, 0.05) is 25.7 Å². The first-order valence-electron chi connectivity index (χ1n) is 7.15. The predicted octanol–water partition coefficient (Wildman–Crippen LogP) is 2.03. The first kappa shape index (κ1) is 14.5. The van der Waals surface area contributed by atoms with Crippen LogP contribution < -0.4 is 5.32 Å². The van der Waals surface area contributed by atoms with Crippen molar-refractivity contribution in [3.05, 3.63) is 34.4 Å². The SMILES string of the molecule is CNCC1COCCN1Cc1c(C)cc(C)cc1C. The van der Waals surface area contributed by atoms with Crippen LogP contribution in [0.3, 0.4) is 0 Å². The highest BCUT2D eigenvalue weighted by molar-refractivity contribution is 5.37. The zero-order valence-corrected chi connectivity index (χ0v) is 12.6. The second kappa shape index (κ2) is 6.51. The second-order valence-electron chi connectivity index (χ2n) is 5.63. The highest BCUT2D eigenvalue weighted by atomic mass is 16.5. The molecule has 1 aromatic rings. The van der Waals surface area contributed by atoms with Gasteiger partial charge in [0.05, 0.1) is 13.2 Å². The monoisotopic (exact) mass is 262 g/mol. The summed E-state index contributed by atoms with van der Waals surface area (Å²) in [5, 5.41) is 3.27. The van der Waals surface area contributed by atoms with Crippen LogP contribution >= 0.6 is 0 Å². The van der Waals surface area contributed by atoms with E-state index in [1.165, 1.54) is 22.3 Å². The molecule has 1 N–H and O–H groups in total.